The third kappa shape index (κ3) is 3.26. The zero-order valence-corrected chi connectivity index (χ0v) is 16.6. The Hall–Kier alpha value is -0.580. The lowest BCUT2D eigenvalue weighted by Gasteiger charge is -2.56. The summed E-state index contributed by atoms with van der Waals surface area (Å²) in [5.74, 6) is 1.82. The number of ketones is 1. The molecule has 0 aliphatic heterocycles. The molecule has 27 heavy (non-hydrogen) atoms. The van der Waals surface area contributed by atoms with Crippen LogP contribution in [0.15, 0.2) is 0 Å². The van der Waals surface area contributed by atoms with Crippen molar-refractivity contribution in [2.75, 3.05) is 13.7 Å². The molecular weight excluding hydrogens is 353 g/mol. The lowest BCUT2D eigenvalue weighted by Crippen LogP contribution is -2.50. The number of Topliss-reactive ketones (excluding diaryl/α,β-unsaturated/α-hetero) is 1. The van der Waals surface area contributed by atoms with Crippen molar-refractivity contribution in [2.24, 2.45) is 46.8 Å². The molecule has 0 heterocycles. The van der Waals surface area contributed by atoms with E-state index >= 15 is 0 Å². The van der Waals surface area contributed by atoms with E-state index in [2.05, 4.69) is 6.92 Å². The van der Waals surface area contributed by atoms with Crippen molar-refractivity contribution in [3.05, 3.63) is 0 Å². The highest BCUT2D eigenvalue weighted by atomic mass is 19.4. The van der Waals surface area contributed by atoms with Gasteiger partial charge in [-0.05, 0) is 92.8 Å². The van der Waals surface area contributed by atoms with Gasteiger partial charge in [0.25, 0.3) is 0 Å². The number of hydrogen-bond acceptors (Lipinski definition) is 2. The van der Waals surface area contributed by atoms with E-state index in [1.807, 2.05) is 0 Å². The number of halogens is 3. The predicted octanol–water partition coefficient (Wildman–Crippen LogP) is 5.65. The normalized spacial score (nSPS) is 47.1. The van der Waals surface area contributed by atoms with E-state index in [1.165, 1.54) is 0 Å². The van der Waals surface area contributed by atoms with Gasteiger partial charge in [0.2, 0.25) is 0 Å². The Morgan fingerprint density at radius 1 is 1.00 bits per heavy atom. The third-order valence-electron chi connectivity index (χ3n) is 9.09. The monoisotopic (exact) mass is 386 g/mol. The first-order valence-corrected chi connectivity index (χ1v) is 10.8. The molecule has 5 heteroatoms. The average molecular weight is 386 g/mol. The third-order valence-corrected chi connectivity index (χ3v) is 9.09. The summed E-state index contributed by atoms with van der Waals surface area (Å²) in [6, 6.07) is 0. The Bertz CT molecular complexity index is 574. The SMILES string of the molecule is COCC(=O)C1CCC2C3CCC4CC(C(F)(F)F)CCC4C3CCC12C. The minimum Gasteiger partial charge on any atom is -0.377 e. The van der Waals surface area contributed by atoms with Crippen LogP contribution >= 0.6 is 0 Å². The van der Waals surface area contributed by atoms with Gasteiger partial charge in [-0.3, -0.25) is 4.79 Å². The molecule has 0 aromatic rings. The van der Waals surface area contributed by atoms with Gasteiger partial charge in [0, 0.05) is 13.0 Å². The van der Waals surface area contributed by atoms with E-state index < -0.39 is 12.1 Å². The largest absolute Gasteiger partial charge is 0.391 e. The van der Waals surface area contributed by atoms with Gasteiger partial charge in [-0.1, -0.05) is 6.92 Å². The van der Waals surface area contributed by atoms with Gasteiger partial charge in [0.1, 0.15) is 6.61 Å². The molecule has 0 saturated heterocycles. The maximum absolute atomic E-state index is 13.2. The minimum atomic E-state index is -4.02. The summed E-state index contributed by atoms with van der Waals surface area (Å²) in [6.45, 7) is 2.52. The van der Waals surface area contributed by atoms with E-state index in [0.29, 0.717) is 36.5 Å². The second kappa shape index (κ2) is 7.03. The van der Waals surface area contributed by atoms with Crippen molar-refractivity contribution in [2.45, 2.75) is 70.9 Å². The maximum Gasteiger partial charge on any atom is 0.391 e. The molecule has 0 aromatic heterocycles. The van der Waals surface area contributed by atoms with Crippen LogP contribution in [0.4, 0.5) is 13.2 Å². The number of carbonyl (C=O) groups is 1. The van der Waals surface area contributed by atoms with Crippen LogP contribution in [0.3, 0.4) is 0 Å². The second-order valence-electron chi connectivity index (χ2n) is 10.1. The van der Waals surface area contributed by atoms with E-state index in [0.717, 1.165) is 44.9 Å². The zero-order chi connectivity index (χ0) is 19.4. The highest BCUT2D eigenvalue weighted by molar-refractivity contribution is 5.83. The summed E-state index contributed by atoms with van der Waals surface area (Å²) >= 11 is 0. The molecule has 4 saturated carbocycles. The molecule has 4 aliphatic carbocycles. The van der Waals surface area contributed by atoms with Gasteiger partial charge in [-0.2, -0.15) is 13.2 Å². The molecule has 0 spiro atoms. The molecule has 0 N–H and O–H groups in total. The van der Waals surface area contributed by atoms with Crippen molar-refractivity contribution < 1.29 is 22.7 Å². The summed E-state index contributed by atoms with van der Waals surface area (Å²) in [5.41, 5.74) is 0.0762. The van der Waals surface area contributed by atoms with Gasteiger partial charge >= 0.3 is 6.18 Å². The molecule has 4 aliphatic rings. The predicted molar refractivity (Wildman–Crippen MR) is 97.0 cm³/mol. The Morgan fingerprint density at radius 2 is 1.74 bits per heavy atom. The number of rotatable bonds is 3. The average Bonchev–Trinajstić information content (AvgIpc) is 2.97. The summed E-state index contributed by atoms with van der Waals surface area (Å²) in [4.78, 5) is 12.6. The number of carbonyl (C=O) groups excluding carboxylic acids is 1. The number of alkyl halides is 3. The van der Waals surface area contributed by atoms with Crippen LogP contribution < -0.4 is 0 Å². The standard InChI is InChI=1S/C22H33F3O2/c1-21-10-9-16-15-6-4-14(22(23,24)25)11-13(15)3-5-17(16)18(21)7-8-19(21)20(26)12-27-2/h13-19H,3-12H2,1-2H3. The summed E-state index contributed by atoms with van der Waals surface area (Å²) < 4.78 is 44.7. The Kier molecular flexibility index (Phi) is 5.14. The lowest BCUT2D eigenvalue weighted by atomic mass is 9.49. The maximum atomic E-state index is 13.2. The van der Waals surface area contributed by atoms with Crippen molar-refractivity contribution in [3.63, 3.8) is 0 Å². The molecule has 0 aromatic carbocycles. The number of methoxy groups -OCH3 is 1. The summed E-state index contributed by atoms with van der Waals surface area (Å²) in [6.07, 6.45) is 3.69. The first-order valence-electron chi connectivity index (χ1n) is 10.8. The fraction of sp³-hybridized carbons (Fsp3) is 0.955. The van der Waals surface area contributed by atoms with E-state index in [-0.39, 0.29) is 29.6 Å². The molecule has 4 fully saturated rings. The van der Waals surface area contributed by atoms with Crippen molar-refractivity contribution in [1.82, 2.24) is 0 Å². The molecule has 0 amide bonds. The molecule has 0 radical (unpaired) electrons. The fourth-order valence-electron chi connectivity index (χ4n) is 7.92. The topological polar surface area (TPSA) is 26.3 Å². The molecule has 8 unspecified atom stereocenters. The van der Waals surface area contributed by atoms with Crippen LogP contribution in [0.1, 0.15) is 64.7 Å². The van der Waals surface area contributed by atoms with Crippen molar-refractivity contribution in [3.8, 4) is 0 Å². The first-order chi connectivity index (χ1) is 12.8. The Morgan fingerprint density at radius 3 is 2.44 bits per heavy atom. The van der Waals surface area contributed by atoms with E-state index in [4.69, 9.17) is 4.74 Å². The number of ether oxygens (including phenoxy) is 1. The van der Waals surface area contributed by atoms with Crippen LogP contribution in [0, 0.1) is 46.8 Å². The fourth-order valence-corrected chi connectivity index (χ4v) is 7.92. The molecule has 8 atom stereocenters. The summed E-state index contributed by atoms with van der Waals surface area (Å²) in [7, 11) is 1.59. The van der Waals surface area contributed by atoms with Crippen molar-refractivity contribution in [1.29, 1.82) is 0 Å². The van der Waals surface area contributed by atoms with E-state index in [1.54, 1.807) is 7.11 Å². The molecular formula is C22H33F3O2. The van der Waals surface area contributed by atoms with Crippen LogP contribution in [0.5, 0.6) is 0 Å². The van der Waals surface area contributed by atoms with Crippen LogP contribution in [0.2, 0.25) is 0 Å². The number of hydrogen-bond donors (Lipinski definition) is 0. The molecule has 154 valence electrons. The molecule has 0 bridgehead atoms. The van der Waals surface area contributed by atoms with Crippen LogP contribution in [0.25, 0.3) is 0 Å². The highest BCUT2D eigenvalue weighted by Gasteiger charge is 2.59. The van der Waals surface area contributed by atoms with Gasteiger partial charge in [0.05, 0.1) is 5.92 Å². The quantitative estimate of drug-likeness (QED) is 0.627. The Labute approximate surface area is 160 Å². The zero-order valence-electron chi connectivity index (χ0n) is 16.6. The van der Waals surface area contributed by atoms with Gasteiger partial charge in [0.15, 0.2) is 5.78 Å². The van der Waals surface area contributed by atoms with E-state index in [9.17, 15) is 18.0 Å². The summed E-state index contributed by atoms with van der Waals surface area (Å²) in [5, 5.41) is 0. The van der Waals surface area contributed by atoms with Crippen LogP contribution in [-0.2, 0) is 9.53 Å². The van der Waals surface area contributed by atoms with Gasteiger partial charge < -0.3 is 4.74 Å². The Balaban J connectivity index is 1.48. The minimum absolute atomic E-state index is 0.0762. The van der Waals surface area contributed by atoms with Crippen molar-refractivity contribution >= 4 is 5.78 Å². The molecule has 2 nitrogen and oxygen atoms in total. The van der Waals surface area contributed by atoms with Gasteiger partial charge in [-0.15, -0.1) is 0 Å². The first kappa shape index (κ1) is 19.7. The van der Waals surface area contributed by atoms with Crippen LogP contribution in [-0.4, -0.2) is 25.7 Å². The van der Waals surface area contributed by atoms with Gasteiger partial charge in [-0.25, -0.2) is 0 Å². The smallest absolute Gasteiger partial charge is 0.377 e. The molecule has 4 rings (SSSR count). The lowest BCUT2D eigenvalue weighted by molar-refractivity contribution is -0.196. The number of fused-ring (bicyclic) bond motifs is 5. The second-order valence-corrected chi connectivity index (χ2v) is 10.1. The highest BCUT2D eigenvalue weighted by Crippen LogP contribution is 2.64.